The highest BCUT2D eigenvalue weighted by Crippen LogP contribution is 2.34. The second kappa shape index (κ2) is 7.18. The maximum absolute atomic E-state index is 12.2. The molecule has 0 atom stereocenters. The topological polar surface area (TPSA) is 47.6 Å². The van der Waals surface area contributed by atoms with Crippen LogP contribution in [-0.2, 0) is 0 Å². The molecule has 2 aromatic rings. The van der Waals surface area contributed by atoms with Crippen molar-refractivity contribution in [3.63, 3.8) is 0 Å². The summed E-state index contributed by atoms with van der Waals surface area (Å²) in [7, 11) is 1.62. The number of anilines is 1. The SMILES string of the molecule is COc1ccc(NC(=O)c2ccccc2)cc1OC1CCCC1. The number of ether oxygens (including phenoxy) is 2. The molecule has 0 bridgehead atoms. The normalized spacial score (nSPS) is 14.5. The summed E-state index contributed by atoms with van der Waals surface area (Å²) >= 11 is 0. The Balaban J connectivity index is 1.75. The number of carbonyl (C=O) groups excluding carboxylic acids is 1. The number of methoxy groups -OCH3 is 1. The molecule has 1 N–H and O–H groups in total. The van der Waals surface area contributed by atoms with E-state index in [0.29, 0.717) is 22.7 Å². The van der Waals surface area contributed by atoms with Gasteiger partial charge in [-0.15, -0.1) is 0 Å². The minimum atomic E-state index is -0.136. The van der Waals surface area contributed by atoms with E-state index in [2.05, 4.69) is 5.32 Å². The minimum absolute atomic E-state index is 0.136. The molecular weight excluding hydrogens is 290 g/mol. The highest BCUT2D eigenvalue weighted by molar-refractivity contribution is 6.04. The lowest BCUT2D eigenvalue weighted by atomic mass is 10.2. The average molecular weight is 311 g/mol. The lowest BCUT2D eigenvalue weighted by Gasteiger charge is -2.17. The zero-order chi connectivity index (χ0) is 16.1. The molecule has 0 aliphatic heterocycles. The molecule has 3 rings (SSSR count). The molecule has 120 valence electrons. The first kappa shape index (κ1) is 15.4. The van der Waals surface area contributed by atoms with Gasteiger partial charge in [0, 0.05) is 17.3 Å². The van der Waals surface area contributed by atoms with Crippen LogP contribution in [0.4, 0.5) is 5.69 Å². The fraction of sp³-hybridized carbons (Fsp3) is 0.316. The molecule has 2 aromatic carbocycles. The summed E-state index contributed by atoms with van der Waals surface area (Å²) in [5.41, 5.74) is 1.33. The Bertz CT molecular complexity index is 664. The van der Waals surface area contributed by atoms with Crippen LogP contribution < -0.4 is 14.8 Å². The van der Waals surface area contributed by atoms with Gasteiger partial charge in [0.25, 0.3) is 5.91 Å². The van der Waals surface area contributed by atoms with Gasteiger partial charge in [-0.05, 0) is 49.9 Å². The molecule has 23 heavy (non-hydrogen) atoms. The molecule has 1 fully saturated rings. The van der Waals surface area contributed by atoms with Crippen LogP contribution in [0.1, 0.15) is 36.0 Å². The fourth-order valence-corrected chi connectivity index (χ4v) is 2.83. The first-order valence-electron chi connectivity index (χ1n) is 7.97. The number of benzene rings is 2. The van der Waals surface area contributed by atoms with Crippen molar-refractivity contribution in [3.8, 4) is 11.5 Å². The summed E-state index contributed by atoms with van der Waals surface area (Å²) in [6, 6.07) is 14.6. The number of amides is 1. The zero-order valence-corrected chi connectivity index (χ0v) is 13.2. The van der Waals surface area contributed by atoms with E-state index in [1.54, 1.807) is 19.2 Å². The highest BCUT2D eigenvalue weighted by Gasteiger charge is 2.19. The van der Waals surface area contributed by atoms with E-state index in [-0.39, 0.29) is 12.0 Å². The summed E-state index contributed by atoms with van der Waals surface area (Å²) < 4.78 is 11.4. The Morgan fingerprint density at radius 2 is 1.78 bits per heavy atom. The lowest BCUT2D eigenvalue weighted by molar-refractivity contribution is 0.102. The molecule has 0 unspecified atom stereocenters. The molecule has 4 heteroatoms. The third-order valence-electron chi connectivity index (χ3n) is 4.05. The first-order valence-corrected chi connectivity index (χ1v) is 7.97. The number of hydrogen-bond acceptors (Lipinski definition) is 3. The van der Waals surface area contributed by atoms with E-state index in [9.17, 15) is 4.79 Å². The molecule has 0 aromatic heterocycles. The van der Waals surface area contributed by atoms with Crippen molar-refractivity contribution in [2.45, 2.75) is 31.8 Å². The van der Waals surface area contributed by atoms with Gasteiger partial charge in [0.05, 0.1) is 13.2 Å². The Morgan fingerprint density at radius 1 is 1.04 bits per heavy atom. The Kier molecular flexibility index (Phi) is 4.81. The number of carbonyl (C=O) groups is 1. The van der Waals surface area contributed by atoms with Crippen molar-refractivity contribution >= 4 is 11.6 Å². The van der Waals surface area contributed by atoms with Gasteiger partial charge in [-0.2, -0.15) is 0 Å². The fourth-order valence-electron chi connectivity index (χ4n) is 2.83. The quantitative estimate of drug-likeness (QED) is 0.897. The summed E-state index contributed by atoms with van der Waals surface area (Å²) in [6.07, 6.45) is 4.80. The van der Waals surface area contributed by atoms with E-state index in [0.717, 1.165) is 12.8 Å². The van der Waals surface area contributed by atoms with E-state index < -0.39 is 0 Å². The van der Waals surface area contributed by atoms with Gasteiger partial charge in [-0.1, -0.05) is 18.2 Å². The second-order valence-corrected chi connectivity index (χ2v) is 5.71. The molecular formula is C19H21NO3. The molecule has 1 aliphatic carbocycles. The molecule has 0 spiro atoms. The Hall–Kier alpha value is -2.49. The van der Waals surface area contributed by atoms with Crippen molar-refractivity contribution < 1.29 is 14.3 Å². The smallest absolute Gasteiger partial charge is 0.255 e. The van der Waals surface area contributed by atoms with Crippen molar-refractivity contribution in [1.29, 1.82) is 0 Å². The number of hydrogen-bond donors (Lipinski definition) is 1. The van der Waals surface area contributed by atoms with Crippen LogP contribution in [-0.4, -0.2) is 19.1 Å². The molecule has 0 radical (unpaired) electrons. The van der Waals surface area contributed by atoms with Gasteiger partial charge >= 0.3 is 0 Å². The van der Waals surface area contributed by atoms with Crippen LogP contribution in [0, 0.1) is 0 Å². The highest BCUT2D eigenvalue weighted by atomic mass is 16.5. The van der Waals surface area contributed by atoms with Crippen LogP contribution in [0.3, 0.4) is 0 Å². The van der Waals surface area contributed by atoms with Gasteiger partial charge in [0.15, 0.2) is 11.5 Å². The lowest BCUT2D eigenvalue weighted by Crippen LogP contribution is -2.14. The number of rotatable bonds is 5. The summed E-state index contributed by atoms with van der Waals surface area (Å²) in [4.78, 5) is 12.2. The zero-order valence-electron chi connectivity index (χ0n) is 13.2. The van der Waals surface area contributed by atoms with Crippen LogP contribution >= 0.6 is 0 Å². The van der Waals surface area contributed by atoms with Crippen LogP contribution in [0.2, 0.25) is 0 Å². The van der Waals surface area contributed by atoms with Gasteiger partial charge in [0.1, 0.15) is 0 Å². The largest absolute Gasteiger partial charge is 0.493 e. The van der Waals surface area contributed by atoms with E-state index >= 15 is 0 Å². The molecule has 1 saturated carbocycles. The summed E-state index contributed by atoms with van der Waals surface area (Å²) in [5, 5.41) is 2.90. The van der Waals surface area contributed by atoms with Crippen molar-refractivity contribution in [2.75, 3.05) is 12.4 Å². The van der Waals surface area contributed by atoms with Crippen LogP contribution in [0.5, 0.6) is 11.5 Å². The summed E-state index contributed by atoms with van der Waals surface area (Å²) in [5.74, 6) is 1.24. The third kappa shape index (κ3) is 3.83. The average Bonchev–Trinajstić information content (AvgIpc) is 3.09. The monoisotopic (exact) mass is 311 g/mol. The standard InChI is InChI=1S/C19H21NO3/c1-22-17-12-11-15(13-18(17)23-16-9-5-6-10-16)20-19(21)14-7-3-2-4-8-14/h2-4,7-8,11-13,16H,5-6,9-10H2,1H3,(H,20,21). The first-order chi connectivity index (χ1) is 11.3. The molecule has 1 aliphatic rings. The predicted octanol–water partition coefficient (Wildman–Crippen LogP) is 4.27. The third-order valence-corrected chi connectivity index (χ3v) is 4.05. The van der Waals surface area contributed by atoms with Gasteiger partial charge in [-0.25, -0.2) is 0 Å². The maximum Gasteiger partial charge on any atom is 0.255 e. The van der Waals surface area contributed by atoms with Crippen LogP contribution in [0.15, 0.2) is 48.5 Å². The van der Waals surface area contributed by atoms with Gasteiger partial charge in [0.2, 0.25) is 0 Å². The Labute approximate surface area is 136 Å². The maximum atomic E-state index is 12.2. The van der Waals surface area contributed by atoms with Crippen molar-refractivity contribution in [2.24, 2.45) is 0 Å². The van der Waals surface area contributed by atoms with Gasteiger partial charge in [-0.3, -0.25) is 4.79 Å². The predicted molar refractivity (Wildman–Crippen MR) is 90.3 cm³/mol. The Morgan fingerprint density at radius 3 is 2.48 bits per heavy atom. The van der Waals surface area contributed by atoms with Crippen LogP contribution in [0.25, 0.3) is 0 Å². The molecule has 0 heterocycles. The van der Waals surface area contributed by atoms with Crippen molar-refractivity contribution in [3.05, 3.63) is 54.1 Å². The number of nitrogens with one attached hydrogen (secondary N) is 1. The van der Waals surface area contributed by atoms with E-state index in [4.69, 9.17) is 9.47 Å². The van der Waals surface area contributed by atoms with E-state index in [1.807, 2.05) is 36.4 Å². The van der Waals surface area contributed by atoms with E-state index in [1.165, 1.54) is 12.8 Å². The molecule has 1 amide bonds. The van der Waals surface area contributed by atoms with Crippen molar-refractivity contribution in [1.82, 2.24) is 0 Å². The van der Waals surface area contributed by atoms with Gasteiger partial charge < -0.3 is 14.8 Å². The molecule has 0 saturated heterocycles. The summed E-state index contributed by atoms with van der Waals surface area (Å²) in [6.45, 7) is 0. The second-order valence-electron chi connectivity index (χ2n) is 5.71. The molecule has 4 nitrogen and oxygen atoms in total. The minimum Gasteiger partial charge on any atom is -0.493 e.